The Hall–Kier alpha value is -9.64. The van der Waals surface area contributed by atoms with Crippen molar-refractivity contribution < 1.29 is 9.15 Å². The van der Waals surface area contributed by atoms with Crippen LogP contribution in [0.2, 0.25) is 0 Å². The summed E-state index contributed by atoms with van der Waals surface area (Å²) in [7, 11) is 0. The number of benzene rings is 11. The molecule has 0 amide bonds. The summed E-state index contributed by atoms with van der Waals surface area (Å²) in [5.41, 5.74) is 20.7. The maximum absolute atomic E-state index is 7.04. The van der Waals surface area contributed by atoms with Crippen LogP contribution in [0, 0.1) is 0 Å². The van der Waals surface area contributed by atoms with Crippen LogP contribution in [0.5, 0.6) is 5.75 Å². The van der Waals surface area contributed by atoms with Crippen molar-refractivity contribution in [3.8, 4) is 16.9 Å². The zero-order chi connectivity index (χ0) is 54.1. The van der Waals surface area contributed by atoms with E-state index in [0.29, 0.717) is 11.8 Å². The molecule has 0 bridgehead atoms. The van der Waals surface area contributed by atoms with Gasteiger partial charge in [-0.05, 0) is 162 Å². The molecule has 0 saturated carbocycles. The number of furan rings is 1. The summed E-state index contributed by atoms with van der Waals surface area (Å²) < 4.78 is 14.0. The van der Waals surface area contributed by atoms with Crippen molar-refractivity contribution in [3.05, 3.63) is 293 Å². The Balaban J connectivity index is 1.01. The predicted molar refractivity (Wildman–Crippen MR) is 338 cm³/mol. The molecule has 0 N–H and O–H groups in total. The van der Waals surface area contributed by atoms with Crippen LogP contribution in [0.25, 0.3) is 66.8 Å². The third-order valence-corrected chi connectivity index (χ3v) is 18.0. The van der Waals surface area contributed by atoms with Crippen molar-refractivity contribution in [1.82, 2.24) is 0 Å². The van der Waals surface area contributed by atoms with Crippen LogP contribution in [0.1, 0.15) is 95.5 Å². The molecule has 388 valence electrons. The quantitative estimate of drug-likeness (QED) is 0.152. The summed E-state index contributed by atoms with van der Waals surface area (Å²) >= 11 is 0. The molecule has 1 aliphatic heterocycles. The van der Waals surface area contributed by atoms with Crippen molar-refractivity contribution in [2.75, 3.05) is 9.80 Å². The molecule has 2 unspecified atom stereocenters. The zero-order valence-corrected chi connectivity index (χ0v) is 45.8. The highest BCUT2D eigenvalue weighted by Gasteiger charge is 2.50. The maximum Gasteiger partial charge on any atom is 0.159 e. The van der Waals surface area contributed by atoms with E-state index < -0.39 is 5.41 Å². The molecule has 1 aromatic heterocycles. The first-order valence-electron chi connectivity index (χ1n) is 28.7. The number of hydrogen-bond donors (Lipinski definition) is 0. The molecule has 12 aromatic rings. The Labute approximate surface area is 472 Å². The molecule has 0 saturated heterocycles. The number of ether oxygens (including phenoxy) is 1. The summed E-state index contributed by atoms with van der Waals surface area (Å²) in [4.78, 5) is 4.87. The topological polar surface area (TPSA) is 28.9 Å². The highest BCUT2D eigenvalue weighted by Crippen LogP contribution is 2.63. The second-order valence-corrected chi connectivity index (χ2v) is 23.0. The van der Waals surface area contributed by atoms with Crippen molar-refractivity contribution >= 4 is 89.8 Å². The molecule has 11 aromatic carbocycles. The van der Waals surface area contributed by atoms with E-state index in [4.69, 9.17) is 9.15 Å². The van der Waals surface area contributed by atoms with Crippen molar-refractivity contribution in [2.45, 2.75) is 57.0 Å². The Morgan fingerprint density at radius 2 is 0.926 bits per heavy atom. The van der Waals surface area contributed by atoms with E-state index >= 15 is 0 Å². The van der Waals surface area contributed by atoms with Crippen LogP contribution < -0.4 is 14.5 Å². The SMILES string of the molecule is CC(C)c1ccc(N(c2ccc3c(c2)C2(c4cc(N(c5ccc(C(C)C)cc5)c5cccc6c5oc5ccccc56)ccc4C=C3)c3ccc4ccccc4c3-c3c2ccc2ccccc32)c2cccc3c2OC2C=CC=CC32)cc1. The minimum absolute atomic E-state index is 0.0647. The molecule has 1 spiro atoms. The third-order valence-electron chi connectivity index (χ3n) is 18.0. The van der Waals surface area contributed by atoms with Gasteiger partial charge in [-0.1, -0.05) is 210 Å². The van der Waals surface area contributed by atoms with Crippen LogP contribution in [0.3, 0.4) is 0 Å². The number of anilines is 6. The van der Waals surface area contributed by atoms with Gasteiger partial charge in [0.2, 0.25) is 0 Å². The summed E-state index contributed by atoms with van der Waals surface area (Å²) in [6.07, 6.45) is 13.4. The van der Waals surface area contributed by atoms with E-state index in [1.807, 2.05) is 0 Å². The zero-order valence-electron chi connectivity index (χ0n) is 45.8. The fourth-order valence-corrected chi connectivity index (χ4v) is 14.1. The predicted octanol–water partition coefficient (Wildman–Crippen LogP) is 20.9. The highest BCUT2D eigenvalue weighted by molar-refractivity contribution is 6.14. The fourth-order valence-electron chi connectivity index (χ4n) is 14.1. The van der Waals surface area contributed by atoms with Gasteiger partial charge < -0.3 is 19.0 Å². The van der Waals surface area contributed by atoms with Gasteiger partial charge in [-0.2, -0.15) is 0 Å². The summed E-state index contributed by atoms with van der Waals surface area (Å²) in [6.45, 7) is 9.05. The third kappa shape index (κ3) is 7.09. The molecule has 0 fully saturated rings. The van der Waals surface area contributed by atoms with Crippen LogP contribution >= 0.6 is 0 Å². The average molecular weight is 1040 g/mol. The van der Waals surface area contributed by atoms with Crippen molar-refractivity contribution in [3.63, 3.8) is 0 Å². The second kappa shape index (κ2) is 18.2. The van der Waals surface area contributed by atoms with E-state index in [0.717, 1.165) is 72.9 Å². The molecule has 4 aliphatic rings. The van der Waals surface area contributed by atoms with E-state index in [2.05, 4.69) is 292 Å². The Bertz CT molecular complexity index is 4560. The van der Waals surface area contributed by atoms with Gasteiger partial charge in [-0.25, -0.2) is 0 Å². The number of fused-ring (bicyclic) bond motifs is 19. The van der Waals surface area contributed by atoms with E-state index in [9.17, 15) is 0 Å². The van der Waals surface area contributed by atoms with Gasteiger partial charge >= 0.3 is 0 Å². The minimum atomic E-state index is -0.829. The minimum Gasteiger partial charge on any atom is -0.483 e. The van der Waals surface area contributed by atoms with E-state index in [1.54, 1.807) is 0 Å². The van der Waals surface area contributed by atoms with Gasteiger partial charge in [0.15, 0.2) is 5.58 Å². The lowest BCUT2D eigenvalue weighted by Crippen LogP contribution is -2.30. The fraction of sp³-hybridized carbons (Fsp3) is 0.117. The molecule has 2 atom stereocenters. The van der Waals surface area contributed by atoms with E-state index in [-0.39, 0.29) is 12.0 Å². The molecular weight excluding hydrogens is 985 g/mol. The lowest BCUT2D eigenvalue weighted by atomic mass is 9.65. The molecule has 3 aliphatic carbocycles. The van der Waals surface area contributed by atoms with E-state index in [1.165, 1.54) is 71.6 Å². The summed E-state index contributed by atoms with van der Waals surface area (Å²) in [5.74, 6) is 1.84. The highest BCUT2D eigenvalue weighted by atomic mass is 16.5. The number of hydrogen-bond acceptors (Lipinski definition) is 4. The average Bonchev–Trinajstić information content (AvgIpc) is 2.31. The van der Waals surface area contributed by atoms with Gasteiger partial charge in [0.05, 0.1) is 16.8 Å². The van der Waals surface area contributed by atoms with Crippen LogP contribution in [0.4, 0.5) is 34.1 Å². The van der Waals surface area contributed by atoms with Gasteiger partial charge in [0.1, 0.15) is 17.4 Å². The molecule has 4 nitrogen and oxygen atoms in total. The van der Waals surface area contributed by atoms with Gasteiger partial charge in [-0.15, -0.1) is 0 Å². The largest absolute Gasteiger partial charge is 0.483 e. The molecule has 81 heavy (non-hydrogen) atoms. The first-order chi connectivity index (χ1) is 39.8. The molecular formula is C77H58N2O2. The number of allylic oxidation sites excluding steroid dienone is 2. The van der Waals surface area contributed by atoms with Gasteiger partial charge in [0.25, 0.3) is 0 Å². The lowest BCUT2D eigenvalue weighted by Gasteiger charge is -2.37. The second-order valence-electron chi connectivity index (χ2n) is 23.0. The lowest BCUT2D eigenvalue weighted by molar-refractivity contribution is 0.269. The summed E-state index contributed by atoms with van der Waals surface area (Å²) in [6, 6.07) is 81.9. The maximum atomic E-state index is 7.04. The Morgan fingerprint density at radius 1 is 0.420 bits per heavy atom. The van der Waals surface area contributed by atoms with Crippen molar-refractivity contribution in [1.29, 1.82) is 0 Å². The smallest absolute Gasteiger partial charge is 0.159 e. The first-order valence-corrected chi connectivity index (χ1v) is 28.7. The molecule has 16 rings (SSSR count). The first kappa shape index (κ1) is 47.4. The van der Waals surface area contributed by atoms with Crippen LogP contribution in [0.15, 0.2) is 247 Å². The molecule has 4 heteroatoms. The standard InChI is InChI=1S/C77H58N2O2/c1-47(2)49-29-37-55(38-30-49)78(69-23-13-21-63-61-19-9-11-25-71(61)80-75(63)69)57-41-33-53-27-28-54-34-42-58(79(56-39-31-50(32-40-56)48(3)4)70-24-14-22-64-62-20-10-12-26-72(62)81-76(64)70)46-68(54)77(67(53)45-57)65-43-35-51-15-5-7-17-59(51)73(65)74-60-18-8-6-16-52(60)36-44-66(74)77/h5-48,61,71H,1-4H3. The molecule has 0 radical (unpaired) electrons. The molecule has 2 heterocycles. The Kier molecular flexibility index (Phi) is 10.6. The van der Waals surface area contributed by atoms with Crippen LogP contribution in [-0.4, -0.2) is 6.10 Å². The van der Waals surface area contributed by atoms with Crippen molar-refractivity contribution in [2.24, 2.45) is 0 Å². The van der Waals surface area contributed by atoms with Gasteiger partial charge in [-0.3, -0.25) is 0 Å². The summed E-state index contributed by atoms with van der Waals surface area (Å²) in [5, 5.41) is 7.12. The number of nitrogens with zero attached hydrogens (tertiary/aromatic N) is 2. The normalized spacial score (nSPS) is 15.9. The van der Waals surface area contributed by atoms with Gasteiger partial charge in [0, 0.05) is 45.0 Å². The number of para-hydroxylation sites is 3. The number of rotatable bonds is 8. The van der Waals surface area contributed by atoms with Crippen LogP contribution in [-0.2, 0) is 5.41 Å². The monoisotopic (exact) mass is 1040 g/mol. The Morgan fingerprint density at radius 3 is 1.53 bits per heavy atom.